The monoisotopic (exact) mass is 699 g/mol. The van der Waals surface area contributed by atoms with Crippen molar-refractivity contribution in [3.8, 4) is 33.4 Å². The van der Waals surface area contributed by atoms with E-state index in [1.807, 2.05) is 0 Å². The molecule has 0 saturated heterocycles. The molecule has 0 bridgehead atoms. The molecule has 8 rings (SSSR count). The first-order valence-electron chi connectivity index (χ1n) is 19.5. The van der Waals surface area contributed by atoms with Crippen molar-refractivity contribution in [2.45, 2.75) is 58.3 Å². The Balaban J connectivity index is 1.11. The van der Waals surface area contributed by atoms with E-state index >= 15 is 0 Å². The lowest BCUT2D eigenvalue weighted by Gasteiger charge is -2.32. The summed E-state index contributed by atoms with van der Waals surface area (Å²) in [6.07, 6.45) is 6.62. The molecule has 7 aromatic rings. The van der Waals surface area contributed by atoms with Crippen LogP contribution in [-0.2, 0) is 10.8 Å². The molecule has 1 heteroatoms. The molecule has 0 amide bonds. The van der Waals surface area contributed by atoms with E-state index in [2.05, 4.69) is 222 Å². The maximum Gasteiger partial charge on any atom is 0.0465 e. The number of rotatable bonds is 9. The Morgan fingerprint density at radius 1 is 0.444 bits per heavy atom. The molecule has 0 heterocycles. The number of hydrogen-bond acceptors (Lipinski definition) is 1. The van der Waals surface area contributed by atoms with Crippen LogP contribution in [0.3, 0.4) is 0 Å². The van der Waals surface area contributed by atoms with Gasteiger partial charge < -0.3 is 4.90 Å². The van der Waals surface area contributed by atoms with Crippen LogP contribution >= 0.6 is 0 Å². The van der Waals surface area contributed by atoms with Gasteiger partial charge in [-0.2, -0.15) is 0 Å². The van der Waals surface area contributed by atoms with Crippen molar-refractivity contribution in [3.05, 3.63) is 198 Å². The number of anilines is 3. The fourth-order valence-electron chi connectivity index (χ4n) is 8.44. The first-order valence-corrected chi connectivity index (χ1v) is 19.5. The van der Waals surface area contributed by atoms with Crippen molar-refractivity contribution in [1.82, 2.24) is 0 Å². The summed E-state index contributed by atoms with van der Waals surface area (Å²) in [4.78, 5) is 2.38. The SMILES string of the molecule is CCC1(CC)c2cc(/C=C/c3ccc(-c4cc(C(C)(C)C)ccc4-c4ccccc4)cc3)ccc2-c2ccc(N(c3ccccc3)c3ccccc3)cc21. The van der Waals surface area contributed by atoms with Crippen molar-refractivity contribution < 1.29 is 0 Å². The van der Waals surface area contributed by atoms with Crippen LogP contribution in [0.25, 0.3) is 45.5 Å². The fourth-order valence-corrected chi connectivity index (χ4v) is 8.44. The van der Waals surface area contributed by atoms with E-state index in [-0.39, 0.29) is 10.8 Å². The highest BCUT2D eigenvalue weighted by molar-refractivity contribution is 5.88. The summed E-state index contributed by atoms with van der Waals surface area (Å²) in [6.45, 7) is 11.6. The molecule has 1 aliphatic carbocycles. The molecule has 0 radical (unpaired) electrons. The second-order valence-corrected chi connectivity index (χ2v) is 15.7. The number of benzene rings is 7. The van der Waals surface area contributed by atoms with Gasteiger partial charge in [0.1, 0.15) is 0 Å². The number of fused-ring (bicyclic) bond motifs is 3. The Bertz CT molecular complexity index is 2370. The first-order chi connectivity index (χ1) is 26.3. The summed E-state index contributed by atoms with van der Waals surface area (Å²) in [5.74, 6) is 0. The highest BCUT2D eigenvalue weighted by Crippen LogP contribution is 2.54. The quantitative estimate of drug-likeness (QED) is 0.136. The molecule has 0 spiro atoms. The predicted molar refractivity (Wildman–Crippen MR) is 233 cm³/mol. The summed E-state index contributed by atoms with van der Waals surface area (Å²) in [5, 5.41) is 0. The number of hydrogen-bond donors (Lipinski definition) is 0. The van der Waals surface area contributed by atoms with Crippen LogP contribution in [0.4, 0.5) is 17.1 Å². The van der Waals surface area contributed by atoms with Crippen molar-refractivity contribution in [2.24, 2.45) is 0 Å². The normalized spacial score (nSPS) is 13.1. The van der Waals surface area contributed by atoms with Gasteiger partial charge in [0, 0.05) is 22.5 Å². The Kier molecular flexibility index (Phi) is 9.42. The van der Waals surface area contributed by atoms with Gasteiger partial charge in [0.15, 0.2) is 0 Å². The highest BCUT2D eigenvalue weighted by Gasteiger charge is 2.41. The summed E-state index contributed by atoms with van der Waals surface area (Å²) >= 11 is 0. The molecule has 1 aliphatic rings. The van der Waals surface area contributed by atoms with Crippen molar-refractivity contribution in [1.29, 1.82) is 0 Å². The van der Waals surface area contributed by atoms with E-state index < -0.39 is 0 Å². The smallest absolute Gasteiger partial charge is 0.0465 e. The maximum absolute atomic E-state index is 2.46. The zero-order valence-electron chi connectivity index (χ0n) is 32.2. The molecule has 0 unspecified atom stereocenters. The average Bonchev–Trinajstić information content (AvgIpc) is 3.49. The molecular formula is C53H49N. The van der Waals surface area contributed by atoms with Crippen LogP contribution < -0.4 is 4.90 Å². The Labute approximate surface area is 322 Å². The molecule has 0 aliphatic heterocycles. The molecule has 0 fully saturated rings. The lowest BCUT2D eigenvalue weighted by atomic mass is 9.73. The topological polar surface area (TPSA) is 3.24 Å². The average molecular weight is 700 g/mol. The molecule has 54 heavy (non-hydrogen) atoms. The van der Waals surface area contributed by atoms with Crippen molar-refractivity contribution in [2.75, 3.05) is 4.90 Å². The van der Waals surface area contributed by atoms with Gasteiger partial charge in [0.2, 0.25) is 0 Å². The zero-order valence-corrected chi connectivity index (χ0v) is 32.2. The molecule has 0 atom stereocenters. The molecule has 0 saturated carbocycles. The van der Waals surface area contributed by atoms with Crippen LogP contribution in [0.2, 0.25) is 0 Å². The number of nitrogens with zero attached hydrogens (tertiary/aromatic N) is 1. The van der Waals surface area contributed by atoms with Gasteiger partial charge >= 0.3 is 0 Å². The molecule has 0 aromatic heterocycles. The van der Waals surface area contributed by atoms with Gasteiger partial charge in [0.05, 0.1) is 0 Å². The van der Waals surface area contributed by atoms with Crippen molar-refractivity contribution in [3.63, 3.8) is 0 Å². The number of para-hydroxylation sites is 2. The van der Waals surface area contributed by atoms with Crippen LogP contribution in [0, 0.1) is 0 Å². The van der Waals surface area contributed by atoms with Gasteiger partial charge in [-0.1, -0.05) is 180 Å². The zero-order chi connectivity index (χ0) is 37.3. The maximum atomic E-state index is 2.46. The minimum atomic E-state index is -0.0523. The van der Waals surface area contributed by atoms with Gasteiger partial charge in [0.25, 0.3) is 0 Å². The van der Waals surface area contributed by atoms with Gasteiger partial charge in [-0.25, -0.2) is 0 Å². The van der Waals surface area contributed by atoms with Gasteiger partial charge in [-0.05, 0) is 116 Å². The molecule has 7 aromatic carbocycles. The lowest BCUT2D eigenvalue weighted by molar-refractivity contribution is 0.490. The van der Waals surface area contributed by atoms with E-state index in [0.29, 0.717) is 0 Å². The summed E-state index contributed by atoms with van der Waals surface area (Å²) in [7, 11) is 0. The Morgan fingerprint density at radius 2 is 0.944 bits per heavy atom. The molecule has 266 valence electrons. The molecular weight excluding hydrogens is 651 g/mol. The van der Waals surface area contributed by atoms with Crippen LogP contribution in [0.5, 0.6) is 0 Å². The second kappa shape index (κ2) is 14.5. The van der Waals surface area contributed by atoms with E-state index in [9.17, 15) is 0 Å². The van der Waals surface area contributed by atoms with Gasteiger partial charge in [-0.3, -0.25) is 0 Å². The summed E-state index contributed by atoms with van der Waals surface area (Å²) in [5.41, 5.74) is 17.9. The van der Waals surface area contributed by atoms with Gasteiger partial charge in [-0.15, -0.1) is 0 Å². The Morgan fingerprint density at radius 3 is 1.54 bits per heavy atom. The fraction of sp³-hybridized carbons (Fsp3) is 0.170. The third-order valence-electron chi connectivity index (χ3n) is 11.5. The lowest BCUT2D eigenvalue weighted by Crippen LogP contribution is -2.23. The third kappa shape index (κ3) is 6.49. The van der Waals surface area contributed by atoms with E-state index in [1.165, 1.54) is 66.9 Å². The van der Waals surface area contributed by atoms with Crippen molar-refractivity contribution >= 4 is 29.2 Å². The Hall–Kier alpha value is -5.92. The van der Waals surface area contributed by atoms with Crippen LogP contribution in [0.1, 0.15) is 75.3 Å². The predicted octanol–water partition coefficient (Wildman–Crippen LogP) is 15.0. The second-order valence-electron chi connectivity index (χ2n) is 15.7. The molecule has 1 nitrogen and oxygen atoms in total. The summed E-state index contributed by atoms with van der Waals surface area (Å²) < 4.78 is 0. The van der Waals surface area contributed by atoms with E-state index in [1.54, 1.807) is 0 Å². The van der Waals surface area contributed by atoms with Crippen LogP contribution in [-0.4, -0.2) is 0 Å². The molecule has 0 N–H and O–H groups in total. The standard InChI is InChI=1S/C53H49N/c1-6-53(7-2)50-35-39(24-23-38-25-28-41(29-26-38)49-36-42(52(3,4)5)30-33-46(49)40-17-11-8-12-18-40)27-32-47(50)48-34-31-45(37-51(48)53)54(43-19-13-9-14-20-43)44-21-15-10-16-22-44/h8-37H,6-7H2,1-5H3/b24-23+. The van der Waals surface area contributed by atoms with E-state index in [4.69, 9.17) is 0 Å². The highest BCUT2D eigenvalue weighted by atomic mass is 15.1. The minimum absolute atomic E-state index is 0.0523. The first kappa shape index (κ1) is 35.1. The third-order valence-corrected chi connectivity index (χ3v) is 11.5. The minimum Gasteiger partial charge on any atom is -0.310 e. The summed E-state index contributed by atoms with van der Waals surface area (Å²) in [6, 6.07) is 62.4. The largest absolute Gasteiger partial charge is 0.310 e. The van der Waals surface area contributed by atoms with Crippen LogP contribution in [0.15, 0.2) is 170 Å². The van der Waals surface area contributed by atoms with E-state index in [0.717, 1.165) is 24.2 Å².